The Balaban J connectivity index is 2.39. The van der Waals surface area contributed by atoms with E-state index in [1.807, 2.05) is 0 Å². The van der Waals surface area contributed by atoms with Crippen molar-refractivity contribution in [2.24, 2.45) is 5.73 Å². The van der Waals surface area contributed by atoms with Crippen molar-refractivity contribution in [1.29, 1.82) is 0 Å². The maximum absolute atomic E-state index is 12.6. The van der Waals surface area contributed by atoms with Crippen LogP contribution in [-0.4, -0.2) is 21.4 Å². The van der Waals surface area contributed by atoms with Crippen molar-refractivity contribution < 1.29 is 13.2 Å². The van der Waals surface area contributed by atoms with Crippen molar-refractivity contribution in [2.75, 3.05) is 11.4 Å². The Labute approximate surface area is 134 Å². The van der Waals surface area contributed by atoms with Gasteiger partial charge in [0.15, 0.2) is 0 Å². The van der Waals surface area contributed by atoms with Gasteiger partial charge in [0.2, 0.25) is 5.91 Å². The molecule has 0 bridgehead atoms. The fraction of sp³-hybridized carbons (Fsp3) is 0.133. The van der Waals surface area contributed by atoms with Crippen molar-refractivity contribution in [3.05, 3.63) is 58.6 Å². The molecule has 0 aliphatic heterocycles. The van der Waals surface area contributed by atoms with E-state index in [9.17, 15) is 13.2 Å². The number of carbonyl (C=O) groups is 1. The maximum Gasteiger partial charge on any atom is 0.264 e. The topological polar surface area (TPSA) is 80.5 Å². The lowest BCUT2D eigenvalue weighted by Crippen LogP contribution is -2.26. The highest BCUT2D eigenvalue weighted by Gasteiger charge is 2.22. The third-order valence-corrected chi connectivity index (χ3v) is 5.51. The van der Waals surface area contributed by atoms with Crippen LogP contribution >= 0.6 is 11.6 Å². The number of rotatable bonds is 4. The Kier molecular flexibility index (Phi) is 4.44. The van der Waals surface area contributed by atoms with E-state index in [-0.39, 0.29) is 4.90 Å². The largest absolute Gasteiger partial charge is 0.366 e. The molecule has 2 N–H and O–H groups in total. The monoisotopic (exact) mass is 338 g/mol. The molecule has 0 aliphatic carbocycles. The number of amides is 1. The lowest BCUT2D eigenvalue weighted by atomic mass is 10.2. The first-order valence-electron chi connectivity index (χ1n) is 6.38. The van der Waals surface area contributed by atoms with Gasteiger partial charge in [-0.2, -0.15) is 0 Å². The average molecular weight is 339 g/mol. The molecule has 1 amide bonds. The molecule has 0 aliphatic rings. The zero-order valence-electron chi connectivity index (χ0n) is 12.1. The van der Waals surface area contributed by atoms with E-state index >= 15 is 0 Å². The number of nitrogens with two attached hydrogens (primary N) is 1. The van der Waals surface area contributed by atoms with Crippen LogP contribution in [0.2, 0.25) is 5.02 Å². The number of halogens is 1. The van der Waals surface area contributed by atoms with Crippen molar-refractivity contribution >= 4 is 33.2 Å². The number of carbonyl (C=O) groups excluding carboxylic acids is 1. The predicted octanol–water partition coefficient (Wildman–Crippen LogP) is 2.57. The molecule has 0 fully saturated rings. The second-order valence-corrected chi connectivity index (χ2v) is 7.17. The number of anilines is 1. The van der Waals surface area contributed by atoms with E-state index in [4.69, 9.17) is 17.3 Å². The molecule has 7 heteroatoms. The maximum atomic E-state index is 12.6. The average Bonchev–Trinajstić information content (AvgIpc) is 2.49. The third kappa shape index (κ3) is 3.08. The number of hydrogen-bond acceptors (Lipinski definition) is 3. The number of sulfonamides is 1. The molecule has 22 heavy (non-hydrogen) atoms. The molecule has 0 radical (unpaired) electrons. The smallest absolute Gasteiger partial charge is 0.264 e. The van der Waals surface area contributed by atoms with Gasteiger partial charge in [0.25, 0.3) is 10.0 Å². The van der Waals surface area contributed by atoms with Crippen LogP contribution in [0.4, 0.5) is 5.69 Å². The third-order valence-electron chi connectivity index (χ3n) is 3.32. The van der Waals surface area contributed by atoms with Crippen LogP contribution in [0.3, 0.4) is 0 Å². The zero-order chi connectivity index (χ0) is 16.5. The molecule has 0 atom stereocenters. The molecule has 5 nitrogen and oxygen atoms in total. The summed E-state index contributed by atoms with van der Waals surface area (Å²) in [4.78, 5) is 11.1. The Morgan fingerprint density at radius 2 is 1.73 bits per heavy atom. The standard InChI is InChI=1S/C15H15ClN2O3S/c1-10-3-8-13(9-14(10)16)22(20,21)18(2)12-6-4-11(5-7-12)15(17)19/h3-9H,1-2H3,(H2,17,19). The summed E-state index contributed by atoms with van der Waals surface area (Å²) in [6, 6.07) is 10.6. The van der Waals surface area contributed by atoms with Gasteiger partial charge >= 0.3 is 0 Å². The number of primary amides is 1. The van der Waals surface area contributed by atoms with E-state index < -0.39 is 15.9 Å². The van der Waals surface area contributed by atoms with Crippen LogP contribution in [0.15, 0.2) is 47.4 Å². The van der Waals surface area contributed by atoms with Crippen LogP contribution in [0.1, 0.15) is 15.9 Å². The Morgan fingerprint density at radius 3 is 2.23 bits per heavy atom. The quantitative estimate of drug-likeness (QED) is 0.930. The van der Waals surface area contributed by atoms with Gasteiger partial charge in [0.1, 0.15) is 0 Å². The molecule has 0 saturated heterocycles. The first kappa shape index (κ1) is 16.3. The van der Waals surface area contributed by atoms with Crippen molar-refractivity contribution in [2.45, 2.75) is 11.8 Å². The number of benzene rings is 2. The second kappa shape index (κ2) is 5.98. The molecular weight excluding hydrogens is 324 g/mol. The fourth-order valence-corrected chi connectivity index (χ4v) is 3.33. The number of aryl methyl sites for hydroxylation is 1. The van der Waals surface area contributed by atoms with Crippen molar-refractivity contribution in [3.63, 3.8) is 0 Å². The predicted molar refractivity (Wildman–Crippen MR) is 86.7 cm³/mol. The van der Waals surface area contributed by atoms with Crippen LogP contribution in [0, 0.1) is 6.92 Å². The van der Waals surface area contributed by atoms with Gasteiger partial charge in [-0.15, -0.1) is 0 Å². The van der Waals surface area contributed by atoms with Gasteiger partial charge in [0.05, 0.1) is 10.6 Å². The summed E-state index contributed by atoms with van der Waals surface area (Å²) in [6.45, 7) is 1.80. The van der Waals surface area contributed by atoms with Gasteiger partial charge in [-0.25, -0.2) is 8.42 Å². The number of hydrogen-bond donors (Lipinski definition) is 1. The molecule has 116 valence electrons. The summed E-state index contributed by atoms with van der Waals surface area (Å²) >= 11 is 5.99. The van der Waals surface area contributed by atoms with Gasteiger partial charge in [-0.3, -0.25) is 9.10 Å². The van der Waals surface area contributed by atoms with E-state index in [1.54, 1.807) is 13.0 Å². The van der Waals surface area contributed by atoms with E-state index in [1.165, 1.54) is 43.4 Å². The Bertz CT molecular complexity index is 817. The highest BCUT2D eigenvalue weighted by Crippen LogP contribution is 2.25. The second-order valence-electron chi connectivity index (χ2n) is 4.79. The normalized spacial score (nSPS) is 11.2. The molecule has 0 aromatic heterocycles. The summed E-state index contributed by atoms with van der Waals surface area (Å²) in [7, 11) is -2.30. The highest BCUT2D eigenvalue weighted by molar-refractivity contribution is 7.92. The molecular formula is C15H15ClN2O3S. The molecule has 0 unspecified atom stereocenters. The van der Waals surface area contributed by atoms with E-state index in [0.717, 1.165) is 9.87 Å². The van der Waals surface area contributed by atoms with Crippen LogP contribution in [0.5, 0.6) is 0 Å². The van der Waals surface area contributed by atoms with E-state index in [0.29, 0.717) is 16.3 Å². The summed E-state index contributed by atoms with van der Waals surface area (Å²) < 4.78 is 26.3. The van der Waals surface area contributed by atoms with Crippen LogP contribution in [0.25, 0.3) is 0 Å². The fourth-order valence-electron chi connectivity index (χ4n) is 1.87. The van der Waals surface area contributed by atoms with E-state index in [2.05, 4.69) is 0 Å². The summed E-state index contributed by atoms with van der Waals surface area (Å²) in [5.41, 5.74) is 6.69. The van der Waals surface area contributed by atoms with Crippen molar-refractivity contribution in [1.82, 2.24) is 0 Å². The summed E-state index contributed by atoms with van der Waals surface area (Å²) in [6.07, 6.45) is 0. The molecule has 2 aromatic rings. The highest BCUT2D eigenvalue weighted by atomic mass is 35.5. The lowest BCUT2D eigenvalue weighted by molar-refractivity contribution is 0.100. The van der Waals surface area contributed by atoms with Gasteiger partial charge in [0, 0.05) is 17.6 Å². The first-order valence-corrected chi connectivity index (χ1v) is 8.20. The molecule has 0 spiro atoms. The van der Waals surface area contributed by atoms with Gasteiger partial charge in [-0.05, 0) is 48.9 Å². The lowest BCUT2D eigenvalue weighted by Gasteiger charge is -2.20. The van der Waals surface area contributed by atoms with Crippen LogP contribution in [-0.2, 0) is 10.0 Å². The molecule has 2 rings (SSSR count). The van der Waals surface area contributed by atoms with Gasteiger partial charge in [-0.1, -0.05) is 17.7 Å². The first-order chi connectivity index (χ1) is 10.2. The SMILES string of the molecule is Cc1ccc(S(=O)(=O)N(C)c2ccc(C(N)=O)cc2)cc1Cl. The minimum Gasteiger partial charge on any atom is -0.366 e. The Morgan fingerprint density at radius 1 is 1.14 bits per heavy atom. The minimum atomic E-state index is -3.73. The molecule has 0 heterocycles. The number of nitrogens with zero attached hydrogens (tertiary/aromatic N) is 1. The Hall–Kier alpha value is -2.05. The zero-order valence-corrected chi connectivity index (χ0v) is 13.6. The van der Waals surface area contributed by atoms with Crippen LogP contribution < -0.4 is 10.0 Å². The van der Waals surface area contributed by atoms with Gasteiger partial charge < -0.3 is 5.73 Å². The summed E-state index contributed by atoms with van der Waals surface area (Å²) in [5, 5.41) is 0.388. The minimum absolute atomic E-state index is 0.101. The molecule has 2 aromatic carbocycles. The summed E-state index contributed by atoms with van der Waals surface area (Å²) in [5.74, 6) is -0.567. The van der Waals surface area contributed by atoms with Crippen molar-refractivity contribution in [3.8, 4) is 0 Å². The molecule has 0 saturated carbocycles.